The molecule has 0 heterocycles. The van der Waals surface area contributed by atoms with Crippen LogP contribution < -0.4 is 0 Å². The highest BCUT2D eigenvalue weighted by Gasteiger charge is 2.51. The van der Waals surface area contributed by atoms with Crippen LogP contribution in [0.5, 0.6) is 0 Å². The molecule has 0 spiro atoms. The van der Waals surface area contributed by atoms with Crippen molar-refractivity contribution >= 4 is 23.4 Å². The van der Waals surface area contributed by atoms with E-state index in [0.717, 1.165) is 5.56 Å². The summed E-state index contributed by atoms with van der Waals surface area (Å²) in [5.74, 6) is -1.01. The monoisotopic (exact) mass is 238 g/mol. The predicted octanol–water partition coefficient (Wildman–Crippen LogP) is 1.97. The molecule has 0 N–H and O–H groups in total. The van der Waals surface area contributed by atoms with E-state index in [1.165, 1.54) is 0 Å². The van der Waals surface area contributed by atoms with Crippen LogP contribution in [0.1, 0.15) is 22.8 Å². The SMILES string of the molecule is CCOC(=O)[C@@]1(Cl)Cc2ccccc2C1=O. The van der Waals surface area contributed by atoms with E-state index < -0.39 is 10.8 Å². The molecule has 1 aromatic carbocycles. The van der Waals surface area contributed by atoms with E-state index in [4.69, 9.17) is 16.3 Å². The zero-order valence-electron chi connectivity index (χ0n) is 8.83. The maximum atomic E-state index is 12.0. The average Bonchev–Trinajstić information content (AvgIpc) is 2.54. The van der Waals surface area contributed by atoms with Crippen LogP contribution in [0.2, 0.25) is 0 Å². The third kappa shape index (κ3) is 1.52. The lowest BCUT2D eigenvalue weighted by molar-refractivity contribution is -0.144. The van der Waals surface area contributed by atoms with Crippen LogP contribution in [-0.4, -0.2) is 23.2 Å². The molecule has 2 rings (SSSR count). The third-order valence-electron chi connectivity index (χ3n) is 2.65. The molecule has 0 saturated carbocycles. The molecule has 1 aliphatic rings. The summed E-state index contributed by atoms with van der Waals surface area (Å²) in [6.45, 7) is 1.90. The normalized spacial score (nSPS) is 23.0. The van der Waals surface area contributed by atoms with E-state index in [0.29, 0.717) is 5.56 Å². The fourth-order valence-electron chi connectivity index (χ4n) is 1.86. The number of rotatable bonds is 2. The van der Waals surface area contributed by atoms with Gasteiger partial charge in [0.1, 0.15) is 0 Å². The number of benzene rings is 1. The smallest absolute Gasteiger partial charge is 0.335 e. The van der Waals surface area contributed by atoms with Gasteiger partial charge in [0.25, 0.3) is 0 Å². The van der Waals surface area contributed by atoms with Gasteiger partial charge in [-0.2, -0.15) is 0 Å². The van der Waals surface area contributed by atoms with Crippen molar-refractivity contribution in [1.82, 2.24) is 0 Å². The van der Waals surface area contributed by atoms with Crippen molar-refractivity contribution in [3.63, 3.8) is 0 Å². The molecular formula is C12H11ClO3. The largest absolute Gasteiger partial charge is 0.464 e. The van der Waals surface area contributed by atoms with E-state index >= 15 is 0 Å². The summed E-state index contributed by atoms with van der Waals surface area (Å²) in [7, 11) is 0. The van der Waals surface area contributed by atoms with Crippen LogP contribution in [0, 0.1) is 0 Å². The van der Waals surface area contributed by atoms with Gasteiger partial charge >= 0.3 is 5.97 Å². The minimum atomic E-state index is -1.56. The first kappa shape index (κ1) is 11.1. The van der Waals surface area contributed by atoms with Gasteiger partial charge in [-0.3, -0.25) is 4.79 Å². The molecule has 0 radical (unpaired) electrons. The van der Waals surface area contributed by atoms with Crippen molar-refractivity contribution in [1.29, 1.82) is 0 Å². The van der Waals surface area contributed by atoms with Gasteiger partial charge in [-0.15, -0.1) is 0 Å². The standard InChI is InChI=1S/C12H11ClO3/c1-2-16-11(15)12(13)7-8-5-3-4-6-9(8)10(12)14/h3-6H,2,7H2,1H3/t12-/m1/s1. The summed E-state index contributed by atoms with van der Waals surface area (Å²) in [6, 6.07) is 7.06. The van der Waals surface area contributed by atoms with Crippen LogP contribution in [0.4, 0.5) is 0 Å². The number of hydrogen-bond donors (Lipinski definition) is 0. The Bertz CT molecular complexity index is 455. The number of carbonyl (C=O) groups excluding carboxylic acids is 2. The molecule has 4 heteroatoms. The molecule has 84 valence electrons. The molecular weight excluding hydrogens is 228 g/mol. The number of esters is 1. The summed E-state index contributed by atoms with van der Waals surface area (Å²) >= 11 is 6.09. The second-order valence-electron chi connectivity index (χ2n) is 3.68. The molecule has 0 fully saturated rings. The summed E-state index contributed by atoms with van der Waals surface area (Å²) < 4.78 is 4.84. The van der Waals surface area contributed by atoms with E-state index in [1.54, 1.807) is 25.1 Å². The van der Waals surface area contributed by atoms with Gasteiger partial charge < -0.3 is 4.74 Å². The Hall–Kier alpha value is -1.35. The van der Waals surface area contributed by atoms with Crippen molar-refractivity contribution in [2.45, 2.75) is 18.2 Å². The Morgan fingerprint density at radius 1 is 1.50 bits per heavy atom. The fourth-order valence-corrected chi connectivity index (χ4v) is 2.16. The fraction of sp³-hybridized carbons (Fsp3) is 0.333. The topological polar surface area (TPSA) is 43.4 Å². The summed E-state index contributed by atoms with van der Waals surface area (Å²) in [4.78, 5) is 22.1. The highest BCUT2D eigenvalue weighted by atomic mass is 35.5. The minimum absolute atomic E-state index is 0.211. The second-order valence-corrected chi connectivity index (χ2v) is 4.33. The maximum Gasteiger partial charge on any atom is 0.335 e. The lowest BCUT2D eigenvalue weighted by Crippen LogP contribution is -2.40. The average molecular weight is 239 g/mol. The first-order chi connectivity index (χ1) is 7.59. The summed E-state index contributed by atoms with van der Waals surface area (Å²) in [5.41, 5.74) is 1.32. The van der Waals surface area contributed by atoms with E-state index in [1.807, 2.05) is 6.07 Å². The number of halogens is 1. The van der Waals surface area contributed by atoms with Crippen molar-refractivity contribution < 1.29 is 14.3 Å². The van der Waals surface area contributed by atoms with Crippen LogP contribution in [0.15, 0.2) is 24.3 Å². The van der Waals surface area contributed by atoms with Crippen LogP contribution >= 0.6 is 11.6 Å². The van der Waals surface area contributed by atoms with Crippen LogP contribution in [0.25, 0.3) is 0 Å². The van der Waals surface area contributed by atoms with Crippen molar-refractivity contribution in [2.75, 3.05) is 6.61 Å². The third-order valence-corrected chi connectivity index (χ3v) is 3.11. The minimum Gasteiger partial charge on any atom is -0.464 e. The number of ketones is 1. The zero-order chi connectivity index (χ0) is 11.8. The van der Waals surface area contributed by atoms with Crippen molar-refractivity contribution in [3.05, 3.63) is 35.4 Å². The number of Topliss-reactive ketones (excluding diaryl/α,β-unsaturated/α-hetero) is 1. The van der Waals surface area contributed by atoms with Crippen LogP contribution in [-0.2, 0) is 16.0 Å². The molecule has 0 unspecified atom stereocenters. The van der Waals surface area contributed by atoms with Gasteiger partial charge in [0.15, 0.2) is 5.78 Å². The van der Waals surface area contributed by atoms with Gasteiger partial charge in [0.05, 0.1) is 6.61 Å². The zero-order valence-corrected chi connectivity index (χ0v) is 9.58. The first-order valence-corrected chi connectivity index (χ1v) is 5.46. The second kappa shape index (κ2) is 3.91. The number of carbonyl (C=O) groups is 2. The Morgan fingerprint density at radius 2 is 2.19 bits per heavy atom. The van der Waals surface area contributed by atoms with Gasteiger partial charge in [-0.05, 0) is 12.5 Å². The Kier molecular flexibility index (Phi) is 2.72. The summed E-state index contributed by atoms with van der Waals surface area (Å²) in [5, 5.41) is 0. The number of fused-ring (bicyclic) bond motifs is 1. The molecule has 0 saturated heterocycles. The molecule has 0 aromatic heterocycles. The van der Waals surface area contributed by atoms with Gasteiger partial charge in [-0.1, -0.05) is 35.9 Å². The van der Waals surface area contributed by atoms with Gasteiger partial charge in [0, 0.05) is 12.0 Å². The van der Waals surface area contributed by atoms with E-state index in [2.05, 4.69) is 0 Å². The number of alkyl halides is 1. The summed E-state index contributed by atoms with van der Waals surface area (Å²) in [6.07, 6.45) is 0.211. The Labute approximate surface area is 98.4 Å². The lowest BCUT2D eigenvalue weighted by atomic mass is 10.0. The van der Waals surface area contributed by atoms with Crippen molar-refractivity contribution in [2.24, 2.45) is 0 Å². The lowest BCUT2D eigenvalue weighted by Gasteiger charge is -2.16. The quantitative estimate of drug-likeness (QED) is 0.450. The highest BCUT2D eigenvalue weighted by molar-refractivity contribution is 6.49. The molecule has 0 bridgehead atoms. The molecule has 0 amide bonds. The molecule has 16 heavy (non-hydrogen) atoms. The Morgan fingerprint density at radius 3 is 2.81 bits per heavy atom. The number of hydrogen-bond acceptors (Lipinski definition) is 3. The maximum absolute atomic E-state index is 12.0. The molecule has 0 aliphatic heterocycles. The predicted molar refractivity (Wildman–Crippen MR) is 59.7 cm³/mol. The molecule has 1 aromatic rings. The highest BCUT2D eigenvalue weighted by Crippen LogP contribution is 2.36. The first-order valence-electron chi connectivity index (χ1n) is 5.08. The molecule has 1 aliphatic carbocycles. The molecule has 3 nitrogen and oxygen atoms in total. The van der Waals surface area contributed by atoms with Crippen LogP contribution in [0.3, 0.4) is 0 Å². The van der Waals surface area contributed by atoms with Gasteiger partial charge in [0.2, 0.25) is 4.87 Å². The van der Waals surface area contributed by atoms with Crippen molar-refractivity contribution in [3.8, 4) is 0 Å². The molecule has 1 atom stereocenters. The number of ether oxygens (including phenoxy) is 1. The van der Waals surface area contributed by atoms with E-state index in [9.17, 15) is 9.59 Å². The van der Waals surface area contributed by atoms with E-state index in [-0.39, 0.29) is 18.8 Å². The van der Waals surface area contributed by atoms with Gasteiger partial charge in [-0.25, -0.2) is 4.79 Å². The Balaban J connectivity index is 2.37.